The van der Waals surface area contributed by atoms with Gasteiger partial charge in [0.25, 0.3) is 0 Å². The highest BCUT2D eigenvalue weighted by Gasteiger charge is 2.25. The number of aromatic amines is 1. The van der Waals surface area contributed by atoms with Gasteiger partial charge in [-0.15, -0.1) is 0 Å². The first-order valence-electron chi connectivity index (χ1n) is 12.9. The van der Waals surface area contributed by atoms with Crippen LogP contribution < -0.4 is 4.90 Å². The van der Waals surface area contributed by atoms with Gasteiger partial charge >= 0.3 is 5.97 Å². The van der Waals surface area contributed by atoms with Crippen molar-refractivity contribution in [1.29, 1.82) is 0 Å². The number of rotatable bonds is 7. The van der Waals surface area contributed by atoms with Crippen molar-refractivity contribution in [2.75, 3.05) is 50.2 Å². The van der Waals surface area contributed by atoms with Crippen LogP contribution in [0, 0.1) is 0 Å². The number of nitrogens with one attached hydrogen (secondary N) is 1. The molecule has 2 aromatic heterocycles. The van der Waals surface area contributed by atoms with Crippen LogP contribution >= 0.6 is 0 Å². The largest absolute Gasteiger partial charge is 0.494 e. The van der Waals surface area contributed by atoms with Gasteiger partial charge in [-0.3, -0.25) is 9.69 Å². The Labute approximate surface area is 237 Å². The first kappa shape index (κ1) is 28.0. The zero-order chi connectivity index (χ0) is 29.1. The monoisotopic (exact) mass is 575 g/mol. The number of methoxy groups -OCH3 is 1. The summed E-state index contributed by atoms with van der Waals surface area (Å²) in [5.41, 5.74) is 3.32. The number of hydrogen-bond donors (Lipinski definition) is 2. The summed E-state index contributed by atoms with van der Waals surface area (Å²) in [5.74, 6) is -0.756. The number of carbonyl (C=O) groups excluding carboxylic acids is 2. The van der Waals surface area contributed by atoms with E-state index in [0.717, 1.165) is 5.56 Å². The van der Waals surface area contributed by atoms with Crippen LogP contribution in [-0.2, 0) is 19.4 Å². The number of carbonyl (C=O) groups is 2. The molecule has 0 spiro atoms. The molecule has 212 valence electrons. The summed E-state index contributed by atoms with van der Waals surface area (Å²) in [6.07, 6.45) is 0. The van der Waals surface area contributed by atoms with Crippen molar-refractivity contribution < 1.29 is 27.9 Å². The average Bonchev–Trinajstić information content (AvgIpc) is 3.31. The maximum absolute atomic E-state index is 12.9. The Morgan fingerprint density at radius 1 is 1.05 bits per heavy atom. The zero-order valence-corrected chi connectivity index (χ0v) is 23.4. The summed E-state index contributed by atoms with van der Waals surface area (Å²) in [7, 11) is -0.0666. The molecule has 5 rings (SSSR count). The van der Waals surface area contributed by atoms with Crippen molar-refractivity contribution in [1.82, 2.24) is 14.9 Å². The number of ether oxygens (including phenoxy) is 1. The number of H-pyrrole nitrogens is 1. The Morgan fingerprint density at radius 3 is 2.39 bits per heavy atom. The second-order valence-electron chi connectivity index (χ2n) is 9.66. The van der Waals surface area contributed by atoms with Gasteiger partial charge < -0.3 is 19.7 Å². The van der Waals surface area contributed by atoms with Gasteiger partial charge in [-0.05, 0) is 36.4 Å². The van der Waals surface area contributed by atoms with Crippen molar-refractivity contribution in [2.45, 2.75) is 0 Å². The van der Waals surface area contributed by atoms with E-state index in [1.165, 1.54) is 18.1 Å². The number of hydrogen-bond acceptors (Lipinski definition) is 9. The van der Waals surface area contributed by atoms with E-state index in [0.29, 0.717) is 46.8 Å². The molecule has 1 fully saturated rings. The molecule has 0 radical (unpaired) electrons. The number of likely N-dealkylation sites (N-methyl/N-ethyl adjacent to an activating group) is 1. The fourth-order valence-electron chi connectivity index (χ4n) is 4.61. The molecule has 0 bridgehead atoms. The van der Waals surface area contributed by atoms with Crippen molar-refractivity contribution >= 4 is 49.8 Å². The lowest BCUT2D eigenvalue weighted by Gasteiger charge is -2.28. The first-order chi connectivity index (χ1) is 19.6. The second-order valence-corrected chi connectivity index (χ2v) is 12.0. The van der Waals surface area contributed by atoms with Crippen molar-refractivity contribution in [3.05, 3.63) is 83.6 Å². The van der Waals surface area contributed by atoms with Crippen LogP contribution in [0.25, 0.3) is 11.0 Å². The molecule has 2 N–H and O–H groups in total. The van der Waals surface area contributed by atoms with Crippen molar-refractivity contribution in [2.24, 2.45) is 4.99 Å². The third kappa shape index (κ3) is 6.13. The lowest BCUT2D eigenvalue weighted by Crippen LogP contribution is -2.45. The molecular formula is C29H29N5O6S. The second kappa shape index (κ2) is 11.5. The molecule has 11 nitrogen and oxygen atoms in total. The van der Waals surface area contributed by atoms with E-state index in [1.54, 1.807) is 37.4 Å². The topological polar surface area (TPSA) is 145 Å². The molecule has 0 atom stereocenters. The Bertz CT molecular complexity index is 1720. The highest BCUT2D eigenvalue weighted by Crippen LogP contribution is 2.31. The van der Waals surface area contributed by atoms with Crippen LogP contribution in [0.4, 0.5) is 11.4 Å². The number of fused-ring (bicyclic) bond motifs is 1. The molecule has 41 heavy (non-hydrogen) atoms. The van der Waals surface area contributed by atoms with Gasteiger partial charge in [-0.25, -0.2) is 23.2 Å². The van der Waals surface area contributed by atoms with Gasteiger partial charge in [0, 0.05) is 36.8 Å². The minimum Gasteiger partial charge on any atom is -0.494 e. The van der Waals surface area contributed by atoms with E-state index in [4.69, 9.17) is 9.73 Å². The fraction of sp³-hybridized carbons (Fsp3) is 0.241. The number of anilines is 1. The first-order valence-corrected chi connectivity index (χ1v) is 14.7. The van der Waals surface area contributed by atoms with Crippen LogP contribution in [-0.4, -0.2) is 91.3 Å². The highest BCUT2D eigenvalue weighted by molar-refractivity contribution is 7.91. The summed E-state index contributed by atoms with van der Waals surface area (Å²) in [5, 5.41) is 11.5. The number of aromatic nitrogens is 2. The highest BCUT2D eigenvalue weighted by atomic mass is 32.2. The molecule has 4 aromatic rings. The number of sulfone groups is 1. The summed E-state index contributed by atoms with van der Waals surface area (Å²) < 4.78 is 28.1. The summed E-state index contributed by atoms with van der Waals surface area (Å²) in [6, 6.07) is 19.7. The summed E-state index contributed by atoms with van der Waals surface area (Å²) in [4.78, 5) is 40.2. The summed E-state index contributed by atoms with van der Waals surface area (Å²) in [6.45, 7) is 0.825. The van der Waals surface area contributed by atoms with Crippen molar-refractivity contribution in [3.63, 3.8) is 0 Å². The van der Waals surface area contributed by atoms with Crippen molar-refractivity contribution in [3.8, 4) is 5.88 Å². The molecule has 1 aliphatic rings. The molecule has 2 aromatic carbocycles. The minimum atomic E-state index is -3.02. The Kier molecular flexibility index (Phi) is 7.86. The third-order valence-corrected chi connectivity index (χ3v) is 8.57. The number of amides is 1. The van der Waals surface area contributed by atoms with Crippen LogP contribution in [0.1, 0.15) is 21.6 Å². The maximum Gasteiger partial charge on any atom is 0.356 e. The summed E-state index contributed by atoms with van der Waals surface area (Å²) >= 11 is 0. The number of benzene rings is 2. The molecule has 0 saturated carbocycles. The number of aromatic hydroxyl groups is 1. The van der Waals surface area contributed by atoms with E-state index < -0.39 is 15.8 Å². The third-order valence-electron chi connectivity index (χ3n) is 6.96. The molecular weight excluding hydrogens is 546 g/mol. The zero-order valence-electron chi connectivity index (χ0n) is 22.6. The predicted octanol–water partition coefficient (Wildman–Crippen LogP) is 2.92. The van der Waals surface area contributed by atoms with Gasteiger partial charge in [0.05, 0.1) is 42.1 Å². The Morgan fingerprint density at radius 2 is 1.73 bits per heavy atom. The quantitative estimate of drug-likeness (QED) is 0.253. The van der Waals surface area contributed by atoms with E-state index in [1.807, 2.05) is 35.2 Å². The average molecular weight is 576 g/mol. The molecule has 12 heteroatoms. The van der Waals surface area contributed by atoms with Gasteiger partial charge in [0.2, 0.25) is 5.91 Å². The predicted molar refractivity (Wildman–Crippen MR) is 156 cm³/mol. The molecule has 3 heterocycles. The van der Waals surface area contributed by atoms with Gasteiger partial charge in [-0.1, -0.05) is 30.3 Å². The molecule has 0 unspecified atom stereocenters. The Balaban J connectivity index is 1.43. The van der Waals surface area contributed by atoms with Gasteiger partial charge in [0.15, 0.2) is 21.4 Å². The van der Waals surface area contributed by atoms with Gasteiger partial charge in [-0.2, -0.15) is 0 Å². The van der Waals surface area contributed by atoms with E-state index in [-0.39, 0.29) is 35.5 Å². The van der Waals surface area contributed by atoms with Crippen LogP contribution in [0.2, 0.25) is 0 Å². The van der Waals surface area contributed by atoms with Crippen LogP contribution in [0.15, 0.2) is 71.7 Å². The van der Waals surface area contributed by atoms with Gasteiger partial charge in [0.1, 0.15) is 5.65 Å². The van der Waals surface area contributed by atoms with Crippen LogP contribution in [0.3, 0.4) is 0 Å². The number of aliphatic imine (C=N–C) groups is 1. The number of pyridine rings is 1. The molecule has 1 amide bonds. The van der Waals surface area contributed by atoms with E-state index in [2.05, 4.69) is 9.97 Å². The molecule has 1 aliphatic heterocycles. The number of nitrogens with zero attached hydrogens (tertiary/aromatic N) is 4. The van der Waals surface area contributed by atoms with E-state index in [9.17, 15) is 23.1 Å². The van der Waals surface area contributed by atoms with E-state index >= 15 is 0 Å². The fourth-order valence-corrected chi connectivity index (χ4v) is 5.88. The molecule has 1 saturated heterocycles. The normalized spacial score (nSPS) is 15.5. The minimum absolute atomic E-state index is 0.0644. The lowest BCUT2D eigenvalue weighted by atomic mass is 10.0. The lowest BCUT2D eigenvalue weighted by molar-refractivity contribution is -0.119. The smallest absolute Gasteiger partial charge is 0.356 e. The standard InChI is InChI=1S/C29H29N5O6S/c1-33(24(35)18-34-14-16-41(38,39)17-15-34)21-10-8-20(9-11-21)30-26(19-6-4-3-5-7-19)25-22-12-13-23(29(37)40-2)31-27(22)32-28(25)36/h3-13,36H,14-18H2,1-2H3,(H,31,32). The van der Waals surface area contributed by atoms with Crippen LogP contribution in [0.5, 0.6) is 5.88 Å². The number of esters is 1. The molecule has 0 aliphatic carbocycles. The Hall–Kier alpha value is -4.55. The SMILES string of the molecule is COC(=O)c1ccc2c(C(=Nc3ccc(N(C)C(=O)CN4CCS(=O)(=O)CC4)cc3)c3ccccc3)c(O)[nH]c2n1. The maximum atomic E-state index is 12.9.